The second-order valence-corrected chi connectivity index (χ2v) is 17.6. The highest BCUT2D eigenvalue weighted by Crippen LogP contribution is 2.39. The summed E-state index contributed by atoms with van der Waals surface area (Å²) in [5.74, 6) is 1.43. The third kappa shape index (κ3) is 5.25. The van der Waals surface area contributed by atoms with E-state index in [1.165, 1.54) is 11.3 Å². The average molecular weight is 552 g/mol. The van der Waals surface area contributed by atoms with Gasteiger partial charge in [0.1, 0.15) is 11.5 Å². The number of ether oxygens (including phenoxy) is 2. The van der Waals surface area contributed by atoms with Crippen molar-refractivity contribution in [1.82, 2.24) is 14.9 Å². The number of nitrogens with zero attached hydrogens (tertiary/aromatic N) is 2. The van der Waals surface area contributed by atoms with Gasteiger partial charge in [-0.05, 0) is 61.8 Å². The predicted octanol–water partition coefficient (Wildman–Crippen LogP) is 7.13. The zero-order valence-corrected chi connectivity index (χ0v) is 25.1. The van der Waals surface area contributed by atoms with E-state index in [4.69, 9.17) is 13.9 Å². The molecule has 1 N–H and O–H groups in total. The Kier molecular flexibility index (Phi) is 7.15. The maximum Gasteiger partial charge on any atom is 0.264 e. The third-order valence-corrected chi connectivity index (χ3v) is 13.6. The number of aromatic amines is 1. The van der Waals surface area contributed by atoms with E-state index in [1.807, 2.05) is 42.2 Å². The summed E-state index contributed by atoms with van der Waals surface area (Å²) in [6.45, 7) is 14.3. The number of carbonyl (C=O) groups excluding carboxylic acids is 1. The first-order chi connectivity index (χ1) is 17.9. The number of likely N-dealkylation sites (tertiary alicyclic amines) is 1. The summed E-state index contributed by atoms with van der Waals surface area (Å²) in [6.07, 6.45) is 2.50. The maximum absolute atomic E-state index is 13.8. The summed E-state index contributed by atoms with van der Waals surface area (Å²) in [6, 6.07) is 11.8. The molecule has 0 aliphatic carbocycles. The van der Waals surface area contributed by atoms with E-state index in [0.29, 0.717) is 23.8 Å². The van der Waals surface area contributed by atoms with Crippen molar-refractivity contribution >= 4 is 46.7 Å². The number of hydrogen-bond donors (Lipinski definition) is 1. The van der Waals surface area contributed by atoms with E-state index in [0.717, 1.165) is 39.0 Å². The van der Waals surface area contributed by atoms with Crippen LogP contribution in [0.5, 0.6) is 11.5 Å². The lowest BCUT2D eigenvalue weighted by Crippen LogP contribution is -2.45. The molecule has 2 atom stereocenters. The van der Waals surface area contributed by atoms with E-state index >= 15 is 0 Å². The van der Waals surface area contributed by atoms with Crippen LogP contribution in [0.25, 0.3) is 21.1 Å². The van der Waals surface area contributed by atoms with Crippen LogP contribution in [0, 0.1) is 6.92 Å². The van der Waals surface area contributed by atoms with Gasteiger partial charge in [-0.2, -0.15) is 0 Å². The van der Waals surface area contributed by atoms with Crippen molar-refractivity contribution in [2.75, 3.05) is 20.3 Å². The number of hydrogen-bond acceptors (Lipinski definition) is 6. The highest BCUT2D eigenvalue weighted by molar-refractivity contribution is 7.21. The Morgan fingerprint density at radius 3 is 2.74 bits per heavy atom. The lowest BCUT2D eigenvalue weighted by Gasteiger charge is -2.37. The van der Waals surface area contributed by atoms with Gasteiger partial charge in [-0.3, -0.25) is 9.78 Å². The Bertz CT molecular complexity index is 1470. The molecule has 0 spiro atoms. The molecule has 1 saturated heterocycles. The number of pyridine rings is 1. The zero-order chi connectivity index (χ0) is 27.2. The normalized spacial score (nSPS) is 18.6. The molecule has 7 nitrogen and oxygen atoms in total. The summed E-state index contributed by atoms with van der Waals surface area (Å²) in [5.41, 5.74) is 2.94. The standard InChI is InChI=1S/C29H37N3O4SSi/c1-18-12-19-13-21(8-9-23(19)31-18)36-25-10-11-30-24-15-26(37-27(24)25)28(33)32-16-22(34-5)14-20(32)17-35-38(6,7)29(2,3)4/h8-13,15,20,22,31H,14,16-17H2,1-7H3. The number of benzene rings is 1. The van der Waals surface area contributed by atoms with Crippen LogP contribution in [0.4, 0.5) is 0 Å². The van der Waals surface area contributed by atoms with Crippen LogP contribution in [0.2, 0.25) is 18.1 Å². The molecular weight excluding hydrogens is 514 g/mol. The van der Waals surface area contributed by atoms with Crippen molar-refractivity contribution in [3.8, 4) is 11.5 Å². The van der Waals surface area contributed by atoms with Crippen LogP contribution in [-0.4, -0.2) is 61.5 Å². The highest BCUT2D eigenvalue weighted by atomic mass is 32.1. The first-order valence-electron chi connectivity index (χ1n) is 13.1. The molecule has 38 heavy (non-hydrogen) atoms. The second-order valence-electron chi connectivity index (χ2n) is 11.7. The van der Waals surface area contributed by atoms with Crippen LogP contribution in [0.3, 0.4) is 0 Å². The molecule has 1 amide bonds. The second kappa shape index (κ2) is 10.1. The van der Waals surface area contributed by atoms with E-state index < -0.39 is 8.32 Å². The summed E-state index contributed by atoms with van der Waals surface area (Å²) in [5, 5.41) is 1.21. The molecule has 2 unspecified atom stereocenters. The number of methoxy groups -OCH3 is 1. The summed E-state index contributed by atoms with van der Waals surface area (Å²) in [4.78, 5) is 24.2. The fourth-order valence-corrected chi connectivity index (χ4v) is 6.72. The van der Waals surface area contributed by atoms with Gasteiger partial charge in [-0.1, -0.05) is 20.8 Å². The predicted molar refractivity (Wildman–Crippen MR) is 156 cm³/mol. The molecule has 1 aromatic carbocycles. The van der Waals surface area contributed by atoms with Gasteiger partial charge in [0.15, 0.2) is 8.32 Å². The third-order valence-electron chi connectivity index (χ3n) is 7.95. The summed E-state index contributed by atoms with van der Waals surface area (Å²) >= 11 is 1.43. The van der Waals surface area contributed by atoms with Crippen LogP contribution < -0.4 is 4.74 Å². The van der Waals surface area contributed by atoms with E-state index in [9.17, 15) is 4.79 Å². The minimum absolute atomic E-state index is 0.00495. The molecule has 4 heterocycles. The number of thiophene rings is 1. The van der Waals surface area contributed by atoms with Gasteiger partial charge in [0.2, 0.25) is 0 Å². The topological polar surface area (TPSA) is 76.7 Å². The zero-order valence-electron chi connectivity index (χ0n) is 23.3. The van der Waals surface area contributed by atoms with E-state index in [-0.39, 0.29) is 23.1 Å². The number of aryl methyl sites for hydroxylation is 1. The lowest BCUT2D eigenvalue weighted by atomic mass is 10.2. The quantitative estimate of drug-likeness (QED) is 0.247. The number of fused-ring (bicyclic) bond motifs is 2. The molecule has 0 saturated carbocycles. The summed E-state index contributed by atoms with van der Waals surface area (Å²) < 4.78 is 19.3. The Balaban J connectivity index is 1.38. The van der Waals surface area contributed by atoms with Crippen molar-refractivity contribution in [2.24, 2.45) is 0 Å². The molecule has 9 heteroatoms. The number of carbonyl (C=O) groups is 1. The van der Waals surface area contributed by atoms with Gasteiger partial charge in [0.05, 0.1) is 33.8 Å². The molecule has 0 radical (unpaired) electrons. The molecule has 1 aliphatic heterocycles. The highest BCUT2D eigenvalue weighted by Gasteiger charge is 2.41. The minimum Gasteiger partial charge on any atom is -0.456 e. The smallest absolute Gasteiger partial charge is 0.264 e. The number of rotatable bonds is 7. The van der Waals surface area contributed by atoms with Gasteiger partial charge in [0.25, 0.3) is 5.91 Å². The van der Waals surface area contributed by atoms with Crippen molar-refractivity contribution in [1.29, 1.82) is 0 Å². The monoisotopic (exact) mass is 551 g/mol. The molecule has 5 rings (SSSR count). The summed E-state index contributed by atoms with van der Waals surface area (Å²) in [7, 11) is -0.228. The van der Waals surface area contributed by atoms with Crippen LogP contribution in [0.15, 0.2) is 42.6 Å². The first-order valence-corrected chi connectivity index (χ1v) is 16.8. The fraction of sp³-hybridized carbons (Fsp3) is 0.448. The van der Waals surface area contributed by atoms with E-state index in [1.54, 1.807) is 13.3 Å². The SMILES string of the molecule is COC1CC(CO[Si](C)(C)C(C)(C)C)N(C(=O)c2cc3nccc(Oc4ccc5[nH]c(C)cc5c4)c3s2)C1. The van der Waals surface area contributed by atoms with Gasteiger partial charge in [-0.25, -0.2) is 0 Å². The number of aromatic nitrogens is 2. The molecule has 202 valence electrons. The van der Waals surface area contributed by atoms with Crippen molar-refractivity contribution in [2.45, 2.75) is 64.4 Å². The van der Waals surface area contributed by atoms with Crippen molar-refractivity contribution in [3.63, 3.8) is 0 Å². The van der Waals surface area contributed by atoms with Crippen molar-refractivity contribution < 1.29 is 18.7 Å². The Morgan fingerprint density at radius 1 is 1.21 bits per heavy atom. The Labute approximate surface area is 229 Å². The molecular formula is C29H37N3O4SSi. The van der Waals surface area contributed by atoms with Crippen LogP contribution in [0.1, 0.15) is 42.6 Å². The van der Waals surface area contributed by atoms with Gasteiger partial charge in [-0.15, -0.1) is 11.3 Å². The van der Waals surface area contributed by atoms with E-state index in [2.05, 4.69) is 49.9 Å². The largest absolute Gasteiger partial charge is 0.456 e. The number of amides is 1. The Hall–Kier alpha value is -2.72. The molecule has 3 aromatic heterocycles. The number of H-pyrrole nitrogens is 1. The molecule has 1 aliphatic rings. The first kappa shape index (κ1) is 26.9. The van der Waals surface area contributed by atoms with Crippen molar-refractivity contribution in [3.05, 3.63) is 53.2 Å². The lowest BCUT2D eigenvalue weighted by molar-refractivity contribution is 0.0657. The van der Waals surface area contributed by atoms with Gasteiger partial charge in [0, 0.05) is 42.5 Å². The average Bonchev–Trinajstić information content (AvgIpc) is 3.57. The Morgan fingerprint density at radius 2 is 2.00 bits per heavy atom. The van der Waals surface area contributed by atoms with Crippen LogP contribution in [-0.2, 0) is 9.16 Å². The van der Waals surface area contributed by atoms with Gasteiger partial charge < -0.3 is 23.8 Å². The molecule has 4 aromatic rings. The fourth-order valence-electron chi connectivity index (χ4n) is 4.66. The maximum atomic E-state index is 13.8. The number of nitrogens with one attached hydrogen (secondary N) is 1. The van der Waals surface area contributed by atoms with Gasteiger partial charge >= 0.3 is 0 Å². The minimum atomic E-state index is -1.94. The molecule has 1 fully saturated rings. The molecule has 0 bridgehead atoms. The van der Waals surface area contributed by atoms with Crippen LogP contribution >= 0.6 is 11.3 Å².